The Kier molecular flexibility index (Phi) is 4.80. The molecular weight excluding hydrogens is 286 g/mol. The molecule has 2 aromatic rings. The average Bonchev–Trinajstić information content (AvgIpc) is 2.44. The van der Waals surface area contributed by atoms with Gasteiger partial charge in [-0.1, -0.05) is 30.0 Å². The van der Waals surface area contributed by atoms with Crippen LogP contribution in [0.2, 0.25) is 0 Å². The molecule has 2 amide bonds. The van der Waals surface area contributed by atoms with Crippen molar-refractivity contribution in [2.24, 2.45) is 0 Å². The second-order valence-electron chi connectivity index (χ2n) is 4.77. The monoisotopic (exact) mass is 303 g/mol. The third-order valence-electron chi connectivity index (χ3n) is 2.95. The summed E-state index contributed by atoms with van der Waals surface area (Å²) in [6.45, 7) is 5.39. The van der Waals surface area contributed by atoms with Crippen molar-refractivity contribution >= 4 is 34.5 Å². The van der Waals surface area contributed by atoms with Crippen molar-refractivity contribution in [2.75, 3.05) is 5.75 Å². The summed E-state index contributed by atoms with van der Waals surface area (Å²) in [4.78, 5) is 26.9. The number of aromatic nitrogens is 1. The lowest BCUT2D eigenvalue weighted by atomic mass is 10.1. The number of rotatable bonds is 3. The number of amides is 2. The quantitative estimate of drug-likeness (QED) is 0.673. The lowest BCUT2D eigenvalue weighted by Gasteiger charge is -2.08. The smallest absolute Gasteiger partial charge is 0.248 e. The number of para-hydroxylation sites is 1. The first-order chi connectivity index (χ1) is 9.97. The van der Waals surface area contributed by atoms with E-state index in [1.165, 1.54) is 18.7 Å². The van der Waals surface area contributed by atoms with Gasteiger partial charge in [0, 0.05) is 12.3 Å². The summed E-state index contributed by atoms with van der Waals surface area (Å²) in [5, 5.41) is 1.93. The number of thioether (sulfide) groups is 1. The number of pyridine rings is 1. The Morgan fingerprint density at radius 2 is 1.95 bits per heavy atom. The van der Waals surface area contributed by atoms with Gasteiger partial charge in [0.2, 0.25) is 11.8 Å². The van der Waals surface area contributed by atoms with Gasteiger partial charge in [-0.25, -0.2) is 4.98 Å². The van der Waals surface area contributed by atoms with Crippen LogP contribution in [-0.4, -0.2) is 22.6 Å². The number of fused-ring (bicyclic) bond motifs is 1. The van der Waals surface area contributed by atoms with Gasteiger partial charge in [-0.05, 0) is 31.0 Å². The first-order valence-corrected chi connectivity index (χ1v) is 7.51. The maximum Gasteiger partial charge on any atom is 0.248 e. The first kappa shape index (κ1) is 15.3. The molecule has 0 spiro atoms. The molecule has 6 heteroatoms. The van der Waals surface area contributed by atoms with Crippen LogP contribution in [0, 0.1) is 13.8 Å². The lowest BCUT2D eigenvalue weighted by molar-refractivity contribution is -0.126. The Morgan fingerprint density at radius 3 is 2.67 bits per heavy atom. The standard InChI is InChI=1S/C15H17N3O2S/c1-9-5-4-6-12-10(2)7-14(16-15(9)12)21-8-13(20)18-17-11(3)19/h4-7H,8H2,1-3H3,(H,17,19)(H,18,20). The molecule has 0 atom stereocenters. The van der Waals surface area contributed by atoms with Crippen LogP contribution in [0.5, 0.6) is 0 Å². The third-order valence-corrected chi connectivity index (χ3v) is 3.87. The van der Waals surface area contributed by atoms with Crippen molar-refractivity contribution in [2.45, 2.75) is 25.8 Å². The highest BCUT2D eigenvalue weighted by atomic mass is 32.2. The summed E-state index contributed by atoms with van der Waals surface area (Å²) >= 11 is 1.34. The summed E-state index contributed by atoms with van der Waals surface area (Å²) < 4.78 is 0. The fourth-order valence-electron chi connectivity index (χ4n) is 1.94. The Bertz CT molecular complexity index is 701. The summed E-state index contributed by atoms with van der Waals surface area (Å²) in [6.07, 6.45) is 0. The molecular formula is C15H17N3O2S. The van der Waals surface area contributed by atoms with Crippen LogP contribution in [0.25, 0.3) is 10.9 Å². The van der Waals surface area contributed by atoms with Gasteiger partial charge < -0.3 is 0 Å². The first-order valence-electron chi connectivity index (χ1n) is 6.52. The normalized spacial score (nSPS) is 10.4. The van der Waals surface area contributed by atoms with Crippen LogP contribution in [0.3, 0.4) is 0 Å². The number of nitrogens with zero attached hydrogens (tertiary/aromatic N) is 1. The molecule has 0 fully saturated rings. The summed E-state index contributed by atoms with van der Waals surface area (Å²) in [7, 11) is 0. The number of carbonyl (C=O) groups is 2. The van der Waals surface area contributed by atoms with E-state index in [0.29, 0.717) is 0 Å². The number of aryl methyl sites for hydroxylation is 2. The number of hydrazine groups is 1. The minimum Gasteiger partial charge on any atom is -0.274 e. The summed E-state index contributed by atoms with van der Waals surface area (Å²) in [6, 6.07) is 8.05. The number of hydrogen-bond acceptors (Lipinski definition) is 4. The van der Waals surface area contributed by atoms with E-state index in [9.17, 15) is 9.59 Å². The second-order valence-corrected chi connectivity index (χ2v) is 5.76. The molecule has 110 valence electrons. The fourth-order valence-corrected chi connectivity index (χ4v) is 2.71. The minimum atomic E-state index is -0.302. The predicted molar refractivity (Wildman–Crippen MR) is 83.9 cm³/mol. The van der Waals surface area contributed by atoms with Crippen LogP contribution in [-0.2, 0) is 9.59 Å². The molecule has 0 unspecified atom stereocenters. The van der Waals surface area contributed by atoms with Crippen molar-refractivity contribution in [3.05, 3.63) is 35.4 Å². The minimum absolute atomic E-state index is 0.199. The van der Waals surface area contributed by atoms with E-state index in [1.54, 1.807) is 0 Å². The zero-order chi connectivity index (χ0) is 15.4. The van der Waals surface area contributed by atoms with Gasteiger partial charge in [0.15, 0.2) is 0 Å². The maximum atomic E-state index is 11.6. The van der Waals surface area contributed by atoms with Crippen LogP contribution >= 0.6 is 11.8 Å². The molecule has 5 nitrogen and oxygen atoms in total. The van der Waals surface area contributed by atoms with E-state index in [1.807, 2.05) is 38.1 Å². The number of hydrogen-bond donors (Lipinski definition) is 2. The van der Waals surface area contributed by atoms with E-state index >= 15 is 0 Å². The van der Waals surface area contributed by atoms with Gasteiger partial charge in [-0.3, -0.25) is 20.4 Å². The van der Waals surface area contributed by atoms with Gasteiger partial charge >= 0.3 is 0 Å². The van der Waals surface area contributed by atoms with Crippen molar-refractivity contribution in [3.63, 3.8) is 0 Å². The Hall–Kier alpha value is -2.08. The fraction of sp³-hybridized carbons (Fsp3) is 0.267. The Balaban J connectivity index is 2.11. The van der Waals surface area contributed by atoms with Gasteiger partial charge in [0.1, 0.15) is 0 Å². The van der Waals surface area contributed by atoms with Crippen LogP contribution < -0.4 is 10.9 Å². The number of benzene rings is 1. The molecule has 0 aliphatic heterocycles. The van der Waals surface area contributed by atoms with Crippen molar-refractivity contribution in [1.82, 2.24) is 15.8 Å². The van der Waals surface area contributed by atoms with Crippen molar-refractivity contribution < 1.29 is 9.59 Å². The zero-order valence-electron chi connectivity index (χ0n) is 12.2. The molecule has 0 saturated carbocycles. The zero-order valence-corrected chi connectivity index (χ0v) is 13.0. The van der Waals surface area contributed by atoms with Crippen molar-refractivity contribution in [3.8, 4) is 0 Å². The predicted octanol–water partition coefficient (Wildman–Crippen LogP) is 2.11. The van der Waals surface area contributed by atoms with Gasteiger partial charge in [-0.15, -0.1) is 0 Å². The molecule has 1 aromatic carbocycles. The number of nitrogens with one attached hydrogen (secondary N) is 2. The SMILES string of the molecule is CC(=O)NNC(=O)CSc1cc(C)c2cccc(C)c2n1. The van der Waals surface area contributed by atoms with Gasteiger partial charge in [-0.2, -0.15) is 0 Å². The Labute approximate surface area is 127 Å². The molecule has 0 saturated heterocycles. The summed E-state index contributed by atoms with van der Waals surface area (Å²) in [5.41, 5.74) is 7.79. The van der Waals surface area contributed by atoms with Crippen LogP contribution in [0.4, 0.5) is 0 Å². The van der Waals surface area contributed by atoms with E-state index in [-0.39, 0.29) is 17.6 Å². The molecule has 0 radical (unpaired) electrons. The highest BCUT2D eigenvalue weighted by Crippen LogP contribution is 2.25. The lowest BCUT2D eigenvalue weighted by Crippen LogP contribution is -2.41. The van der Waals surface area contributed by atoms with Gasteiger partial charge in [0.25, 0.3) is 0 Å². The number of carbonyl (C=O) groups excluding carboxylic acids is 2. The average molecular weight is 303 g/mol. The molecule has 21 heavy (non-hydrogen) atoms. The largest absolute Gasteiger partial charge is 0.274 e. The highest BCUT2D eigenvalue weighted by Gasteiger charge is 2.08. The molecule has 0 aliphatic carbocycles. The molecule has 0 bridgehead atoms. The molecule has 1 heterocycles. The maximum absolute atomic E-state index is 11.6. The molecule has 2 rings (SSSR count). The molecule has 0 aliphatic rings. The van der Waals surface area contributed by atoms with Crippen LogP contribution in [0.15, 0.2) is 29.3 Å². The summed E-state index contributed by atoms with van der Waals surface area (Å²) in [5.74, 6) is -0.368. The second kappa shape index (κ2) is 6.58. The van der Waals surface area contributed by atoms with Crippen LogP contribution in [0.1, 0.15) is 18.1 Å². The van der Waals surface area contributed by atoms with E-state index in [2.05, 4.69) is 15.8 Å². The molecule has 2 N–H and O–H groups in total. The Morgan fingerprint density at radius 1 is 1.19 bits per heavy atom. The van der Waals surface area contributed by atoms with Gasteiger partial charge in [0.05, 0.1) is 16.3 Å². The van der Waals surface area contributed by atoms with E-state index in [0.717, 1.165) is 27.1 Å². The van der Waals surface area contributed by atoms with E-state index in [4.69, 9.17) is 0 Å². The molecule has 1 aromatic heterocycles. The third kappa shape index (κ3) is 3.95. The topological polar surface area (TPSA) is 71.1 Å². The highest BCUT2D eigenvalue weighted by molar-refractivity contribution is 7.99. The van der Waals surface area contributed by atoms with Crippen molar-refractivity contribution in [1.29, 1.82) is 0 Å². The van der Waals surface area contributed by atoms with E-state index < -0.39 is 0 Å².